The van der Waals surface area contributed by atoms with Gasteiger partial charge in [-0.3, -0.25) is 0 Å². The second-order valence-electron chi connectivity index (χ2n) is 10.9. The van der Waals surface area contributed by atoms with Gasteiger partial charge in [-0.15, -0.1) is 0 Å². The summed E-state index contributed by atoms with van der Waals surface area (Å²) in [5.74, 6) is 3.26. The van der Waals surface area contributed by atoms with Gasteiger partial charge in [-0.2, -0.15) is 0 Å². The fraction of sp³-hybridized carbons (Fsp3) is 0.562. The van der Waals surface area contributed by atoms with Crippen molar-refractivity contribution in [3.8, 4) is 11.1 Å². The number of hydrogen-bond acceptors (Lipinski definition) is 0. The topological polar surface area (TPSA) is 0 Å². The molecular formula is C32H44. The van der Waals surface area contributed by atoms with Crippen molar-refractivity contribution in [3.05, 3.63) is 71.8 Å². The van der Waals surface area contributed by atoms with Crippen LogP contribution in [0.25, 0.3) is 11.1 Å². The Hall–Kier alpha value is -1.82. The average molecular weight is 429 g/mol. The Labute approximate surface area is 197 Å². The summed E-state index contributed by atoms with van der Waals surface area (Å²) in [6.07, 6.45) is 16.6. The minimum absolute atomic E-state index is 0.735. The van der Waals surface area contributed by atoms with Crippen LogP contribution >= 0.6 is 0 Å². The van der Waals surface area contributed by atoms with Crippen molar-refractivity contribution >= 4 is 0 Å². The fourth-order valence-electron chi connectivity index (χ4n) is 6.28. The molecule has 0 bridgehead atoms. The Bertz CT molecular complexity index is 825. The minimum atomic E-state index is 0.735. The van der Waals surface area contributed by atoms with Crippen LogP contribution in [0.2, 0.25) is 0 Å². The average Bonchev–Trinajstić information content (AvgIpc) is 2.85. The molecule has 2 saturated carbocycles. The molecule has 0 atom stereocenters. The lowest BCUT2D eigenvalue weighted by Crippen LogP contribution is -2.13. The normalized spacial score (nSPS) is 26.1. The monoisotopic (exact) mass is 428 g/mol. The van der Waals surface area contributed by atoms with E-state index in [-0.39, 0.29) is 0 Å². The highest BCUT2D eigenvalue weighted by Gasteiger charge is 2.23. The molecule has 0 spiro atoms. The summed E-state index contributed by atoms with van der Waals surface area (Å²) in [5.41, 5.74) is 7.19. The van der Waals surface area contributed by atoms with Crippen LogP contribution in [-0.2, 0) is 0 Å². The molecule has 0 aromatic heterocycles. The van der Waals surface area contributed by atoms with Crippen molar-refractivity contribution in [1.29, 1.82) is 0 Å². The predicted octanol–water partition coefficient (Wildman–Crippen LogP) is 10.1. The number of hydrogen-bond donors (Lipinski definition) is 0. The van der Waals surface area contributed by atoms with Gasteiger partial charge >= 0.3 is 0 Å². The quantitative estimate of drug-likeness (QED) is 0.290. The minimum Gasteiger partial charge on any atom is -0.0999 e. The molecule has 0 saturated heterocycles. The van der Waals surface area contributed by atoms with Gasteiger partial charge in [0.2, 0.25) is 0 Å². The zero-order chi connectivity index (χ0) is 22.3. The van der Waals surface area contributed by atoms with E-state index in [1.165, 1.54) is 99.3 Å². The van der Waals surface area contributed by atoms with Gasteiger partial charge in [-0.25, -0.2) is 0 Å². The Kier molecular flexibility index (Phi) is 8.28. The van der Waals surface area contributed by atoms with E-state index in [1.807, 2.05) is 0 Å². The maximum Gasteiger partial charge on any atom is -0.0162 e. The summed E-state index contributed by atoms with van der Waals surface area (Å²) in [6.45, 7) is 8.68. The lowest BCUT2D eigenvalue weighted by atomic mass is 9.76. The molecule has 2 aliphatic rings. The highest BCUT2D eigenvalue weighted by molar-refractivity contribution is 5.64. The first-order chi connectivity index (χ1) is 15.6. The first-order valence-corrected chi connectivity index (χ1v) is 13.5. The SMILES string of the molecule is C=C(C)C1CCC(c2ccc(-c3ccc(C4CCC(CCCCC)CC4)cc3)cc2)CC1. The van der Waals surface area contributed by atoms with Crippen molar-refractivity contribution in [1.82, 2.24) is 0 Å². The van der Waals surface area contributed by atoms with Crippen molar-refractivity contribution in [2.75, 3.05) is 0 Å². The molecule has 0 heteroatoms. The summed E-state index contributed by atoms with van der Waals surface area (Å²) >= 11 is 0. The zero-order valence-corrected chi connectivity index (χ0v) is 20.6. The number of benzene rings is 2. The van der Waals surface area contributed by atoms with E-state index in [9.17, 15) is 0 Å². The zero-order valence-electron chi connectivity index (χ0n) is 20.6. The van der Waals surface area contributed by atoms with Gasteiger partial charge < -0.3 is 0 Å². The smallest absolute Gasteiger partial charge is 0.0162 e. The van der Waals surface area contributed by atoms with E-state index >= 15 is 0 Å². The maximum absolute atomic E-state index is 4.17. The molecule has 0 amide bonds. The van der Waals surface area contributed by atoms with Crippen molar-refractivity contribution in [3.63, 3.8) is 0 Å². The molecule has 2 fully saturated rings. The van der Waals surface area contributed by atoms with Crippen molar-refractivity contribution in [2.45, 2.75) is 103 Å². The molecule has 2 aromatic carbocycles. The highest BCUT2D eigenvalue weighted by atomic mass is 14.3. The van der Waals surface area contributed by atoms with Gasteiger partial charge in [-0.1, -0.05) is 93.3 Å². The van der Waals surface area contributed by atoms with E-state index in [0.29, 0.717) is 0 Å². The molecule has 0 unspecified atom stereocenters. The van der Waals surface area contributed by atoms with Crippen molar-refractivity contribution in [2.24, 2.45) is 11.8 Å². The second kappa shape index (κ2) is 11.4. The third-order valence-corrected chi connectivity index (χ3v) is 8.58. The Morgan fingerprint density at radius 3 is 1.59 bits per heavy atom. The maximum atomic E-state index is 4.17. The van der Waals surface area contributed by atoms with E-state index < -0.39 is 0 Å². The molecule has 0 aliphatic heterocycles. The molecule has 0 N–H and O–H groups in total. The fourth-order valence-corrected chi connectivity index (χ4v) is 6.28. The Morgan fingerprint density at radius 2 is 1.16 bits per heavy atom. The van der Waals surface area contributed by atoms with E-state index in [4.69, 9.17) is 0 Å². The van der Waals surface area contributed by atoms with Crippen LogP contribution in [-0.4, -0.2) is 0 Å². The summed E-state index contributed by atoms with van der Waals surface area (Å²) < 4.78 is 0. The van der Waals surface area contributed by atoms with Crippen LogP contribution in [0.3, 0.4) is 0 Å². The Morgan fingerprint density at radius 1 is 0.688 bits per heavy atom. The summed E-state index contributed by atoms with van der Waals surface area (Å²) in [4.78, 5) is 0. The standard InChI is InChI=1S/C32H44/c1-4-5-6-7-25-8-10-27(11-9-25)29-16-18-31(19-17-29)32-22-20-30(21-23-32)28-14-12-26(13-15-28)24(2)3/h16-23,25-28H,2,4-15H2,1,3H3. The van der Waals surface area contributed by atoms with Crippen LogP contribution in [0.4, 0.5) is 0 Å². The molecule has 4 rings (SSSR count). The summed E-state index contributed by atoms with van der Waals surface area (Å²) in [5, 5.41) is 0. The number of allylic oxidation sites excluding steroid dienone is 1. The molecule has 0 heterocycles. The van der Waals surface area contributed by atoms with Crippen LogP contribution < -0.4 is 0 Å². The van der Waals surface area contributed by atoms with E-state index in [1.54, 1.807) is 5.56 Å². The largest absolute Gasteiger partial charge is 0.0999 e. The van der Waals surface area contributed by atoms with Gasteiger partial charge in [0, 0.05) is 0 Å². The van der Waals surface area contributed by atoms with Gasteiger partial charge in [0.25, 0.3) is 0 Å². The molecule has 2 aromatic rings. The van der Waals surface area contributed by atoms with Crippen molar-refractivity contribution < 1.29 is 0 Å². The van der Waals surface area contributed by atoms with Crippen LogP contribution in [0.5, 0.6) is 0 Å². The van der Waals surface area contributed by atoms with Crippen LogP contribution in [0.15, 0.2) is 60.7 Å². The highest BCUT2D eigenvalue weighted by Crippen LogP contribution is 2.40. The van der Waals surface area contributed by atoms with E-state index in [2.05, 4.69) is 69.0 Å². The number of rotatable bonds is 8. The van der Waals surface area contributed by atoms with E-state index in [0.717, 1.165) is 23.7 Å². The third-order valence-electron chi connectivity index (χ3n) is 8.58. The van der Waals surface area contributed by atoms with Gasteiger partial charge in [0.15, 0.2) is 0 Å². The molecule has 172 valence electrons. The molecule has 0 nitrogen and oxygen atoms in total. The third kappa shape index (κ3) is 5.94. The first-order valence-electron chi connectivity index (χ1n) is 13.5. The lowest BCUT2D eigenvalue weighted by molar-refractivity contribution is 0.303. The van der Waals surface area contributed by atoms with Gasteiger partial charge in [0.05, 0.1) is 0 Å². The van der Waals surface area contributed by atoms with Gasteiger partial charge in [-0.05, 0) is 104 Å². The molecule has 2 aliphatic carbocycles. The lowest BCUT2D eigenvalue weighted by Gasteiger charge is -2.29. The van der Waals surface area contributed by atoms with Gasteiger partial charge in [0.1, 0.15) is 0 Å². The molecular weight excluding hydrogens is 384 g/mol. The molecule has 0 radical (unpaired) electrons. The second-order valence-corrected chi connectivity index (χ2v) is 10.9. The first kappa shape index (κ1) is 23.3. The number of unbranched alkanes of at least 4 members (excludes halogenated alkanes) is 2. The summed E-state index contributed by atoms with van der Waals surface area (Å²) in [7, 11) is 0. The van der Waals surface area contributed by atoms with Crippen LogP contribution in [0, 0.1) is 11.8 Å². The summed E-state index contributed by atoms with van der Waals surface area (Å²) in [6, 6.07) is 19.0. The Balaban J connectivity index is 1.30. The molecule has 32 heavy (non-hydrogen) atoms. The predicted molar refractivity (Wildman–Crippen MR) is 140 cm³/mol. The van der Waals surface area contributed by atoms with Crippen LogP contribution in [0.1, 0.15) is 114 Å².